The number of aryl methyl sites for hydroxylation is 3. The molecule has 1 spiro atoms. The van der Waals surface area contributed by atoms with Crippen molar-refractivity contribution in [2.24, 2.45) is 11.3 Å². The highest BCUT2D eigenvalue weighted by atomic mass is 35.5. The van der Waals surface area contributed by atoms with Crippen molar-refractivity contribution in [3.8, 4) is 0 Å². The molecule has 1 heterocycles. The second kappa shape index (κ2) is 7.97. The average Bonchev–Trinajstić information content (AvgIpc) is 3.23. The first-order valence-electron chi connectivity index (χ1n) is 9.16. The van der Waals surface area contributed by atoms with E-state index in [0.717, 1.165) is 49.2 Å². The molecule has 1 atom stereocenters. The molecule has 1 unspecified atom stereocenters. The highest BCUT2D eigenvalue weighted by Gasteiger charge is 2.58. The Labute approximate surface area is 162 Å². The van der Waals surface area contributed by atoms with Crippen LogP contribution in [0.3, 0.4) is 0 Å². The maximum absolute atomic E-state index is 12.7. The Morgan fingerprint density at radius 1 is 1.19 bits per heavy atom. The van der Waals surface area contributed by atoms with E-state index in [1.54, 1.807) is 11.9 Å². The van der Waals surface area contributed by atoms with E-state index in [2.05, 4.69) is 22.8 Å². The van der Waals surface area contributed by atoms with Crippen molar-refractivity contribution in [2.75, 3.05) is 32.0 Å². The van der Waals surface area contributed by atoms with Gasteiger partial charge >= 0.3 is 0 Å². The lowest BCUT2D eigenvalue weighted by atomic mass is 9.91. The van der Waals surface area contributed by atoms with Crippen LogP contribution in [0.4, 0.5) is 5.69 Å². The highest BCUT2D eigenvalue weighted by molar-refractivity contribution is 5.96. The summed E-state index contributed by atoms with van der Waals surface area (Å²) in [4.78, 5) is 26.7. The Hall–Kier alpha value is -1.59. The standard InChI is InChI=1S/C20H29N3O2.ClH/c1-13-9-14(2)18(15(3)10-13)22-17(24)12-23(4)19(25)16-11-20(16)5-7-21-8-6-20;/h9-10,16,21H,5-8,11-12H2,1-4H3,(H,22,24);1H. The summed E-state index contributed by atoms with van der Waals surface area (Å²) < 4.78 is 0. The molecular formula is C20H30ClN3O2. The van der Waals surface area contributed by atoms with Gasteiger partial charge in [-0.1, -0.05) is 17.7 Å². The number of benzene rings is 1. The number of nitrogens with one attached hydrogen (secondary N) is 2. The summed E-state index contributed by atoms with van der Waals surface area (Å²) >= 11 is 0. The van der Waals surface area contributed by atoms with Crippen LogP contribution in [0.5, 0.6) is 0 Å². The summed E-state index contributed by atoms with van der Waals surface area (Å²) in [6, 6.07) is 4.12. The highest BCUT2D eigenvalue weighted by Crippen LogP contribution is 2.59. The second-order valence-corrected chi connectivity index (χ2v) is 7.89. The van der Waals surface area contributed by atoms with Gasteiger partial charge in [0.15, 0.2) is 0 Å². The van der Waals surface area contributed by atoms with Crippen LogP contribution in [-0.2, 0) is 9.59 Å². The number of amides is 2. The molecule has 26 heavy (non-hydrogen) atoms. The van der Waals surface area contributed by atoms with Crippen molar-refractivity contribution in [3.63, 3.8) is 0 Å². The first-order valence-corrected chi connectivity index (χ1v) is 9.16. The van der Waals surface area contributed by atoms with Gasteiger partial charge in [-0.2, -0.15) is 0 Å². The zero-order valence-corrected chi connectivity index (χ0v) is 17.0. The number of anilines is 1. The van der Waals surface area contributed by atoms with E-state index < -0.39 is 0 Å². The quantitative estimate of drug-likeness (QED) is 0.845. The van der Waals surface area contributed by atoms with Gasteiger partial charge in [0.05, 0.1) is 6.54 Å². The van der Waals surface area contributed by atoms with Crippen LogP contribution in [0.25, 0.3) is 0 Å². The van der Waals surface area contributed by atoms with Crippen LogP contribution in [0, 0.1) is 32.1 Å². The molecule has 1 aromatic carbocycles. The van der Waals surface area contributed by atoms with Gasteiger partial charge in [0.2, 0.25) is 11.8 Å². The molecule has 5 nitrogen and oxygen atoms in total. The fourth-order valence-electron chi connectivity index (χ4n) is 4.29. The number of carbonyl (C=O) groups excluding carboxylic acids is 2. The Balaban J connectivity index is 0.00000243. The first kappa shape index (κ1) is 20.7. The third-order valence-electron chi connectivity index (χ3n) is 5.79. The molecule has 0 aromatic heterocycles. The van der Waals surface area contributed by atoms with Crippen molar-refractivity contribution in [3.05, 3.63) is 28.8 Å². The van der Waals surface area contributed by atoms with Gasteiger partial charge in [-0.05, 0) is 69.7 Å². The predicted octanol–water partition coefficient (Wildman–Crippen LogP) is 2.82. The van der Waals surface area contributed by atoms with Crippen LogP contribution in [-0.4, -0.2) is 43.4 Å². The van der Waals surface area contributed by atoms with Gasteiger partial charge in [0.25, 0.3) is 0 Å². The van der Waals surface area contributed by atoms with Crippen LogP contribution in [0.15, 0.2) is 12.1 Å². The largest absolute Gasteiger partial charge is 0.336 e. The lowest BCUT2D eigenvalue weighted by Crippen LogP contribution is -2.38. The molecule has 144 valence electrons. The minimum Gasteiger partial charge on any atom is -0.336 e. The SMILES string of the molecule is Cc1cc(C)c(NC(=O)CN(C)C(=O)C2CC23CCNCC3)c(C)c1.Cl. The molecular weight excluding hydrogens is 350 g/mol. The van der Waals surface area contributed by atoms with Gasteiger partial charge in [0.1, 0.15) is 0 Å². The molecule has 2 aliphatic rings. The Bertz CT molecular complexity index is 675. The van der Waals surface area contributed by atoms with Crippen molar-refractivity contribution in [1.82, 2.24) is 10.2 Å². The molecule has 2 amide bonds. The Kier molecular flexibility index (Phi) is 6.35. The van der Waals surface area contributed by atoms with Gasteiger partial charge in [-0.25, -0.2) is 0 Å². The van der Waals surface area contributed by atoms with Gasteiger partial charge in [-0.3, -0.25) is 9.59 Å². The van der Waals surface area contributed by atoms with E-state index in [1.807, 2.05) is 20.8 Å². The molecule has 1 aliphatic heterocycles. The summed E-state index contributed by atoms with van der Waals surface area (Å²) in [5.74, 6) is 0.0931. The number of halogens is 1. The normalized spacial score (nSPS) is 20.2. The van der Waals surface area contributed by atoms with Gasteiger partial charge in [-0.15, -0.1) is 12.4 Å². The number of piperidine rings is 1. The molecule has 3 rings (SSSR count). The smallest absolute Gasteiger partial charge is 0.243 e. The minimum atomic E-state index is -0.133. The zero-order valence-electron chi connectivity index (χ0n) is 16.1. The Morgan fingerprint density at radius 2 is 1.77 bits per heavy atom. The van der Waals surface area contributed by atoms with E-state index in [1.165, 1.54) is 5.56 Å². The lowest BCUT2D eigenvalue weighted by Gasteiger charge is -2.25. The number of carbonyl (C=O) groups is 2. The Morgan fingerprint density at radius 3 is 2.35 bits per heavy atom. The average molecular weight is 380 g/mol. The van der Waals surface area contributed by atoms with E-state index >= 15 is 0 Å². The summed E-state index contributed by atoms with van der Waals surface area (Å²) in [7, 11) is 1.74. The molecule has 1 saturated carbocycles. The fraction of sp³-hybridized carbons (Fsp3) is 0.600. The molecule has 1 aliphatic carbocycles. The number of hydrogen-bond acceptors (Lipinski definition) is 3. The third-order valence-corrected chi connectivity index (χ3v) is 5.79. The molecule has 2 N–H and O–H groups in total. The summed E-state index contributed by atoms with van der Waals surface area (Å²) in [6.45, 7) is 8.14. The van der Waals surface area contributed by atoms with Crippen molar-refractivity contribution >= 4 is 29.9 Å². The predicted molar refractivity (Wildman–Crippen MR) is 107 cm³/mol. The van der Waals surface area contributed by atoms with Crippen molar-refractivity contribution in [1.29, 1.82) is 0 Å². The monoisotopic (exact) mass is 379 g/mol. The maximum atomic E-state index is 12.7. The second-order valence-electron chi connectivity index (χ2n) is 7.89. The number of nitrogens with zero attached hydrogens (tertiary/aromatic N) is 1. The van der Waals surface area contributed by atoms with E-state index in [4.69, 9.17) is 0 Å². The van der Waals surface area contributed by atoms with Crippen LogP contribution in [0.2, 0.25) is 0 Å². The van der Waals surface area contributed by atoms with Crippen LogP contribution in [0.1, 0.15) is 36.0 Å². The number of likely N-dealkylation sites (N-methyl/N-ethyl adjacent to an activating group) is 1. The van der Waals surface area contributed by atoms with Gasteiger partial charge < -0.3 is 15.5 Å². The molecule has 1 aromatic rings. The van der Waals surface area contributed by atoms with E-state index in [-0.39, 0.29) is 42.1 Å². The fourth-order valence-corrected chi connectivity index (χ4v) is 4.29. The summed E-state index contributed by atoms with van der Waals surface area (Å²) in [5, 5.41) is 6.33. The first-order chi connectivity index (χ1) is 11.8. The van der Waals surface area contributed by atoms with Crippen molar-refractivity contribution < 1.29 is 9.59 Å². The third kappa shape index (κ3) is 4.21. The summed E-state index contributed by atoms with van der Waals surface area (Å²) in [6.07, 6.45) is 3.13. The van der Waals surface area contributed by atoms with Gasteiger partial charge in [0, 0.05) is 18.7 Å². The maximum Gasteiger partial charge on any atom is 0.243 e. The summed E-state index contributed by atoms with van der Waals surface area (Å²) in [5.41, 5.74) is 4.35. The van der Waals surface area contributed by atoms with Crippen LogP contribution < -0.4 is 10.6 Å². The number of rotatable bonds is 4. The molecule has 1 saturated heterocycles. The number of hydrogen-bond donors (Lipinski definition) is 2. The lowest BCUT2D eigenvalue weighted by molar-refractivity contribution is -0.135. The van der Waals surface area contributed by atoms with E-state index in [9.17, 15) is 9.59 Å². The molecule has 0 bridgehead atoms. The van der Waals surface area contributed by atoms with Crippen molar-refractivity contribution in [2.45, 2.75) is 40.0 Å². The molecule has 6 heteroatoms. The topological polar surface area (TPSA) is 61.4 Å². The van der Waals surface area contributed by atoms with E-state index in [0.29, 0.717) is 0 Å². The zero-order chi connectivity index (χ0) is 18.2. The molecule has 2 fully saturated rings. The van der Waals surface area contributed by atoms with Crippen LogP contribution >= 0.6 is 12.4 Å². The molecule has 0 radical (unpaired) electrons. The minimum absolute atomic E-state index is 0.